The molecule has 8 nitrogen and oxygen atoms in total. The highest BCUT2D eigenvalue weighted by Gasteiger charge is 2.19. The van der Waals surface area contributed by atoms with E-state index in [0.29, 0.717) is 11.4 Å². The highest BCUT2D eigenvalue weighted by Crippen LogP contribution is 2.17. The zero-order chi connectivity index (χ0) is 21.1. The van der Waals surface area contributed by atoms with Gasteiger partial charge in [0.2, 0.25) is 5.91 Å². The second-order valence-corrected chi connectivity index (χ2v) is 7.08. The Balaban J connectivity index is 1.67. The van der Waals surface area contributed by atoms with Crippen LogP contribution in [0.15, 0.2) is 36.4 Å². The molecule has 0 atom stereocenters. The van der Waals surface area contributed by atoms with Crippen LogP contribution in [-0.2, 0) is 11.3 Å². The van der Waals surface area contributed by atoms with Gasteiger partial charge in [-0.25, -0.2) is 4.68 Å². The van der Waals surface area contributed by atoms with Crippen LogP contribution in [0.2, 0.25) is 0 Å². The van der Waals surface area contributed by atoms with Crippen LogP contribution in [0.4, 0.5) is 17.2 Å². The summed E-state index contributed by atoms with van der Waals surface area (Å²) in [7, 11) is 0. The van der Waals surface area contributed by atoms with Crippen molar-refractivity contribution >= 4 is 29.0 Å². The van der Waals surface area contributed by atoms with Gasteiger partial charge in [-0.15, -0.1) is 5.10 Å². The number of aromatic nitrogens is 3. The summed E-state index contributed by atoms with van der Waals surface area (Å²) in [6.07, 6.45) is 0. The van der Waals surface area contributed by atoms with Gasteiger partial charge in [-0.2, -0.15) is 0 Å². The fourth-order valence-electron chi connectivity index (χ4n) is 2.76. The van der Waals surface area contributed by atoms with Gasteiger partial charge in [0.05, 0.1) is 0 Å². The monoisotopic (exact) mass is 392 g/mol. The van der Waals surface area contributed by atoms with Crippen molar-refractivity contribution in [2.75, 3.05) is 16.4 Å². The molecule has 0 unspecified atom stereocenters. The summed E-state index contributed by atoms with van der Waals surface area (Å²) in [5, 5.41) is 13.2. The highest BCUT2D eigenvalue weighted by molar-refractivity contribution is 6.05. The molecule has 3 aromatic rings. The van der Waals surface area contributed by atoms with Gasteiger partial charge in [-0.3, -0.25) is 9.59 Å². The summed E-state index contributed by atoms with van der Waals surface area (Å²) < 4.78 is 1.20. The van der Waals surface area contributed by atoms with E-state index in [4.69, 9.17) is 5.73 Å². The number of amides is 2. The molecule has 0 bridgehead atoms. The normalized spacial score (nSPS) is 10.6. The first-order valence-corrected chi connectivity index (χ1v) is 9.19. The highest BCUT2D eigenvalue weighted by atomic mass is 16.2. The molecular formula is C21H24N6O2. The summed E-state index contributed by atoms with van der Waals surface area (Å²) in [4.78, 5) is 24.8. The van der Waals surface area contributed by atoms with Gasteiger partial charge < -0.3 is 16.4 Å². The molecule has 0 radical (unpaired) electrons. The van der Waals surface area contributed by atoms with Gasteiger partial charge in [0, 0.05) is 11.4 Å². The Labute approximate surface area is 169 Å². The number of anilines is 3. The number of hydrogen-bond donors (Lipinski definition) is 3. The minimum atomic E-state index is -0.480. The predicted molar refractivity (Wildman–Crippen MR) is 113 cm³/mol. The molecule has 4 N–H and O–H groups in total. The summed E-state index contributed by atoms with van der Waals surface area (Å²) in [5.41, 5.74) is 11.7. The lowest BCUT2D eigenvalue weighted by Gasteiger charge is -2.09. The number of benzene rings is 2. The van der Waals surface area contributed by atoms with E-state index in [1.807, 2.05) is 58.0 Å². The zero-order valence-electron chi connectivity index (χ0n) is 16.9. The fraction of sp³-hybridized carbons (Fsp3) is 0.238. The minimum Gasteiger partial charge on any atom is -0.382 e. The van der Waals surface area contributed by atoms with E-state index in [1.165, 1.54) is 4.68 Å². The first-order valence-electron chi connectivity index (χ1n) is 9.19. The lowest BCUT2D eigenvalue weighted by atomic mass is 10.1. The number of nitrogens with one attached hydrogen (secondary N) is 2. The van der Waals surface area contributed by atoms with Crippen LogP contribution in [0.5, 0.6) is 0 Å². The SMILES string of the molecule is Cc1ccc(NC(=O)Cn2nnc(C(=O)Nc3ccc(C)c(C)c3)c2N)cc1C. The number of carbonyl (C=O) groups is 2. The predicted octanol–water partition coefficient (Wildman–Crippen LogP) is 2.98. The number of hydrogen-bond acceptors (Lipinski definition) is 5. The largest absolute Gasteiger partial charge is 0.382 e. The Morgan fingerprint density at radius 3 is 2.00 bits per heavy atom. The van der Waals surface area contributed by atoms with E-state index >= 15 is 0 Å². The van der Waals surface area contributed by atoms with Gasteiger partial charge in [0.25, 0.3) is 5.91 Å². The van der Waals surface area contributed by atoms with Crippen LogP contribution < -0.4 is 16.4 Å². The number of aryl methyl sites for hydroxylation is 4. The van der Waals surface area contributed by atoms with Crippen LogP contribution in [0.25, 0.3) is 0 Å². The van der Waals surface area contributed by atoms with Crippen LogP contribution in [-0.4, -0.2) is 26.8 Å². The maximum absolute atomic E-state index is 12.5. The molecular weight excluding hydrogens is 368 g/mol. The van der Waals surface area contributed by atoms with Gasteiger partial charge in [0.1, 0.15) is 6.54 Å². The number of rotatable bonds is 5. The molecule has 0 saturated carbocycles. The Kier molecular flexibility index (Phi) is 5.63. The Hall–Kier alpha value is -3.68. The van der Waals surface area contributed by atoms with Crippen molar-refractivity contribution in [2.45, 2.75) is 34.2 Å². The van der Waals surface area contributed by atoms with E-state index in [2.05, 4.69) is 20.9 Å². The molecule has 0 aliphatic heterocycles. The van der Waals surface area contributed by atoms with Crippen molar-refractivity contribution in [3.63, 3.8) is 0 Å². The molecule has 29 heavy (non-hydrogen) atoms. The molecule has 0 aliphatic carbocycles. The van der Waals surface area contributed by atoms with Crippen LogP contribution >= 0.6 is 0 Å². The van der Waals surface area contributed by atoms with Gasteiger partial charge >= 0.3 is 0 Å². The van der Waals surface area contributed by atoms with Crippen molar-refractivity contribution in [1.29, 1.82) is 0 Å². The zero-order valence-corrected chi connectivity index (χ0v) is 16.9. The topological polar surface area (TPSA) is 115 Å². The molecule has 2 aromatic carbocycles. The quantitative estimate of drug-likeness (QED) is 0.617. The number of nitrogens with two attached hydrogens (primary N) is 1. The third kappa shape index (κ3) is 4.60. The van der Waals surface area contributed by atoms with Crippen molar-refractivity contribution < 1.29 is 9.59 Å². The molecule has 1 aromatic heterocycles. The summed E-state index contributed by atoms with van der Waals surface area (Å²) in [5.74, 6) is -0.765. The first kappa shape index (κ1) is 20.1. The van der Waals surface area contributed by atoms with Crippen molar-refractivity contribution in [2.24, 2.45) is 0 Å². The van der Waals surface area contributed by atoms with Gasteiger partial charge in [0.15, 0.2) is 11.5 Å². The second kappa shape index (κ2) is 8.14. The summed E-state index contributed by atoms with van der Waals surface area (Å²) in [6.45, 7) is 7.78. The van der Waals surface area contributed by atoms with E-state index < -0.39 is 5.91 Å². The molecule has 2 amide bonds. The van der Waals surface area contributed by atoms with E-state index in [9.17, 15) is 9.59 Å². The molecule has 8 heteroatoms. The number of nitrogens with zero attached hydrogens (tertiary/aromatic N) is 3. The average Bonchev–Trinajstić information content (AvgIpc) is 3.02. The van der Waals surface area contributed by atoms with Gasteiger partial charge in [-0.1, -0.05) is 17.3 Å². The molecule has 150 valence electrons. The molecule has 1 heterocycles. The summed E-state index contributed by atoms with van der Waals surface area (Å²) in [6, 6.07) is 11.2. The van der Waals surface area contributed by atoms with Crippen molar-refractivity contribution in [3.8, 4) is 0 Å². The van der Waals surface area contributed by atoms with Crippen LogP contribution in [0.3, 0.4) is 0 Å². The van der Waals surface area contributed by atoms with Crippen molar-refractivity contribution in [3.05, 3.63) is 64.3 Å². The Morgan fingerprint density at radius 1 is 0.897 bits per heavy atom. The summed E-state index contributed by atoms with van der Waals surface area (Å²) >= 11 is 0. The van der Waals surface area contributed by atoms with Crippen molar-refractivity contribution in [1.82, 2.24) is 15.0 Å². The van der Waals surface area contributed by atoms with E-state index in [-0.39, 0.29) is 24.0 Å². The average molecular weight is 392 g/mol. The third-order valence-electron chi connectivity index (χ3n) is 4.84. The maximum Gasteiger partial charge on any atom is 0.280 e. The molecule has 3 rings (SSSR count). The van der Waals surface area contributed by atoms with E-state index in [1.54, 1.807) is 6.07 Å². The number of nitrogen functional groups attached to an aromatic ring is 1. The number of carbonyl (C=O) groups excluding carboxylic acids is 2. The molecule has 0 aliphatic rings. The van der Waals surface area contributed by atoms with Crippen LogP contribution in [0, 0.1) is 27.7 Å². The maximum atomic E-state index is 12.5. The molecule has 0 spiro atoms. The third-order valence-corrected chi connectivity index (χ3v) is 4.84. The standard InChI is InChI=1S/C21H24N6O2/c1-12-5-7-16(9-14(12)3)23-18(28)11-27-20(22)19(25-26-27)21(29)24-17-8-6-13(2)15(4)10-17/h5-10H,11,22H2,1-4H3,(H,23,28)(H,24,29). The Morgan fingerprint density at radius 2 is 1.45 bits per heavy atom. The molecule has 0 fully saturated rings. The van der Waals surface area contributed by atoms with Gasteiger partial charge in [-0.05, 0) is 74.2 Å². The smallest absolute Gasteiger partial charge is 0.280 e. The first-order chi connectivity index (χ1) is 13.7. The van der Waals surface area contributed by atoms with Crippen LogP contribution in [0.1, 0.15) is 32.7 Å². The second-order valence-electron chi connectivity index (χ2n) is 7.08. The lowest BCUT2D eigenvalue weighted by molar-refractivity contribution is -0.116. The fourth-order valence-corrected chi connectivity index (χ4v) is 2.76. The minimum absolute atomic E-state index is 0.0257. The van der Waals surface area contributed by atoms with E-state index in [0.717, 1.165) is 22.3 Å². The molecule has 0 saturated heterocycles. The Bertz CT molecular complexity index is 1090. The lowest BCUT2D eigenvalue weighted by Crippen LogP contribution is -2.21.